The predicted octanol–water partition coefficient (Wildman–Crippen LogP) is 2.16. The molecule has 1 aromatic carbocycles. The monoisotopic (exact) mass is 353 g/mol. The first-order valence-electron chi connectivity index (χ1n) is 8.89. The highest BCUT2D eigenvalue weighted by Crippen LogP contribution is 2.16. The van der Waals surface area contributed by atoms with E-state index in [9.17, 15) is 8.42 Å². The van der Waals surface area contributed by atoms with Gasteiger partial charge in [-0.05, 0) is 31.4 Å². The molecule has 0 aliphatic carbocycles. The van der Waals surface area contributed by atoms with Crippen LogP contribution in [0.5, 0.6) is 0 Å². The number of benzene rings is 1. The number of anilines is 1. The number of rotatable bonds is 8. The summed E-state index contributed by atoms with van der Waals surface area (Å²) in [5.41, 5.74) is 1.26. The van der Waals surface area contributed by atoms with E-state index in [1.807, 2.05) is 19.9 Å². The lowest BCUT2D eigenvalue weighted by atomic mass is 10.2. The molecular weight excluding hydrogens is 322 g/mol. The summed E-state index contributed by atoms with van der Waals surface area (Å²) in [6, 6.07) is 10.7. The van der Waals surface area contributed by atoms with Crippen molar-refractivity contribution in [2.24, 2.45) is 5.92 Å². The summed E-state index contributed by atoms with van der Waals surface area (Å²) in [6.07, 6.45) is 0.708. The van der Waals surface area contributed by atoms with Crippen molar-refractivity contribution >= 4 is 15.7 Å². The van der Waals surface area contributed by atoms with Crippen molar-refractivity contribution < 1.29 is 8.42 Å². The van der Waals surface area contributed by atoms with Crippen LogP contribution in [0.1, 0.15) is 27.2 Å². The number of para-hydroxylation sites is 1. The second kappa shape index (κ2) is 8.83. The molecule has 1 fully saturated rings. The third-order valence-corrected chi connectivity index (χ3v) is 6.00. The summed E-state index contributed by atoms with van der Waals surface area (Å²) in [7, 11) is -3.15. The van der Waals surface area contributed by atoms with Crippen molar-refractivity contribution in [3.8, 4) is 0 Å². The van der Waals surface area contributed by atoms with Gasteiger partial charge in [-0.1, -0.05) is 32.0 Å². The molecule has 0 aromatic heterocycles. The van der Waals surface area contributed by atoms with Gasteiger partial charge < -0.3 is 4.90 Å². The Morgan fingerprint density at radius 3 is 2.25 bits per heavy atom. The van der Waals surface area contributed by atoms with Crippen molar-refractivity contribution in [2.75, 3.05) is 43.4 Å². The van der Waals surface area contributed by atoms with Gasteiger partial charge in [-0.3, -0.25) is 4.90 Å². The molecule has 1 unspecified atom stereocenters. The van der Waals surface area contributed by atoms with Gasteiger partial charge in [0, 0.05) is 44.5 Å². The van der Waals surface area contributed by atoms with Crippen LogP contribution < -0.4 is 9.62 Å². The lowest BCUT2D eigenvalue weighted by molar-refractivity contribution is 0.198. The minimum Gasteiger partial charge on any atom is -0.369 e. The Bertz CT molecular complexity index is 582. The van der Waals surface area contributed by atoms with Gasteiger partial charge >= 0.3 is 0 Å². The van der Waals surface area contributed by atoms with Crippen LogP contribution in [0, 0.1) is 5.92 Å². The maximum atomic E-state index is 12.0. The molecular formula is C18H31N3O2S. The maximum Gasteiger partial charge on any atom is 0.211 e. The van der Waals surface area contributed by atoms with Crippen LogP contribution in [0.15, 0.2) is 30.3 Å². The zero-order valence-electron chi connectivity index (χ0n) is 15.1. The van der Waals surface area contributed by atoms with Crippen molar-refractivity contribution in [3.05, 3.63) is 30.3 Å². The molecule has 5 nitrogen and oxygen atoms in total. The molecule has 1 heterocycles. The summed E-state index contributed by atoms with van der Waals surface area (Å²) >= 11 is 0. The van der Waals surface area contributed by atoms with E-state index in [4.69, 9.17) is 0 Å². The van der Waals surface area contributed by atoms with Gasteiger partial charge in [0.05, 0.1) is 5.75 Å². The van der Waals surface area contributed by atoms with Crippen LogP contribution in [-0.2, 0) is 10.0 Å². The topological polar surface area (TPSA) is 52.7 Å². The van der Waals surface area contributed by atoms with Crippen LogP contribution >= 0.6 is 0 Å². The second-order valence-electron chi connectivity index (χ2n) is 7.06. The molecule has 1 N–H and O–H groups in total. The minimum atomic E-state index is -3.15. The summed E-state index contributed by atoms with van der Waals surface area (Å²) in [6.45, 7) is 10.6. The van der Waals surface area contributed by atoms with E-state index in [0.717, 1.165) is 26.2 Å². The molecule has 0 amide bonds. The highest BCUT2D eigenvalue weighted by Gasteiger charge is 2.22. The van der Waals surface area contributed by atoms with E-state index in [2.05, 4.69) is 45.7 Å². The maximum absolute atomic E-state index is 12.0. The number of nitrogens with one attached hydrogen (secondary N) is 1. The Hall–Kier alpha value is -1.11. The standard InChI is InChI=1S/C18H31N3O2S/c1-16(2)9-14-24(22,23)19-15-17(3)20-10-12-21(13-11-20)18-7-5-4-6-8-18/h4-8,16-17,19H,9-15H2,1-3H3. The van der Waals surface area contributed by atoms with Crippen LogP contribution in [0.25, 0.3) is 0 Å². The largest absolute Gasteiger partial charge is 0.369 e. The molecule has 136 valence electrons. The smallest absolute Gasteiger partial charge is 0.211 e. The van der Waals surface area contributed by atoms with E-state index < -0.39 is 10.0 Å². The number of piperazine rings is 1. The lowest BCUT2D eigenvalue weighted by Crippen LogP contribution is -2.52. The van der Waals surface area contributed by atoms with Crippen LogP contribution in [0.3, 0.4) is 0 Å². The average molecular weight is 354 g/mol. The van der Waals surface area contributed by atoms with Gasteiger partial charge in [0.1, 0.15) is 0 Å². The highest BCUT2D eigenvalue weighted by atomic mass is 32.2. The summed E-state index contributed by atoms with van der Waals surface area (Å²) in [5.74, 6) is 0.629. The molecule has 2 rings (SSSR count). The molecule has 1 aliphatic rings. The Balaban J connectivity index is 1.75. The van der Waals surface area contributed by atoms with Crippen molar-refractivity contribution in [1.82, 2.24) is 9.62 Å². The lowest BCUT2D eigenvalue weighted by Gasteiger charge is -2.39. The summed E-state index contributed by atoms with van der Waals surface area (Å²) in [5, 5.41) is 0. The third kappa shape index (κ3) is 6.07. The van der Waals surface area contributed by atoms with E-state index in [0.29, 0.717) is 18.9 Å². The average Bonchev–Trinajstić information content (AvgIpc) is 2.59. The zero-order chi connectivity index (χ0) is 17.6. The molecule has 1 saturated heterocycles. The SMILES string of the molecule is CC(C)CCS(=O)(=O)NCC(C)N1CCN(c2ccccc2)CC1. The normalized spacial score (nSPS) is 18.1. The van der Waals surface area contributed by atoms with E-state index >= 15 is 0 Å². The third-order valence-electron chi connectivity index (χ3n) is 4.62. The number of hydrogen-bond donors (Lipinski definition) is 1. The van der Waals surface area contributed by atoms with Crippen LogP contribution in [-0.4, -0.2) is 57.8 Å². The van der Waals surface area contributed by atoms with Gasteiger partial charge in [0.25, 0.3) is 0 Å². The Morgan fingerprint density at radius 1 is 1.04 bits per heavy atom. The van der Waals surface area contributed by atoms with Crippen molar-refractivity contribution in [3.63, 3.8) is 0 Å². The van der Waals surface area contributed by atoms with Gasteiger partial charge in [0.2, 0.25) is 10.0 Å². The molecule has 0 spiro atoms. The summed E-state index contributed by atoms with van der Waals surface area (Å²) < 4.78 is 26.8. The molecule has 0 bridgehead atoms. The van der Waals surface area contributed by atoms with Crippen LogP contribution in [0.2, 0.25) is 0 Å². The minimum absolute atomic E-state index is 0.219. The molecule has 1 aromatic rings. The zero-order valence-corrected chi connectivity index (χ0v) is 15.9. The molecule has 6 heteroatoms. The predicted molar refractivity (Wildman–Crippen MR) is 101 cm³/mol. The first-order valence-corrected chi connectivity index (χ1v) is 10.5. The number of sulfonamides is 1. The van der Waals surface area contributed by atoms with Gasteiger partial charge in [-0.15, -0.1) is 0 Å². The highest BCUT2D eigenvalue weighted by molar-refractivity contribution is 7.89. The quantitative estimate of drug-likeness (QED) is 0.778. The molecule has 0 saturated carbocycles. The first-order chi connectivity index (χ1) is 11.4. The fourth-order valence-corrected chi connectivity index (χ4v) is 4.32. The fraction of sp³-hybridized carbons (Fsp3) is 0.667. The Morgan fingerprint density at radius 2 is 1.67 bits per heavy atom. The second-order valence-corrected chi connectivity index (χ2v) is 8.98. The van der Waals surface area contributed by atoms with Gasteiger partial charge in [-0.2, -0.15) is 0 Å². The molecule has 1 aliphatic heterocycles. The number of nitrogens with zero attached hydrogens (tertiary/aromatic N) is 2. The molecule has 24 heavy (non-hydrogen) atoms. The van der Waals surface area contributed by atoms with Crippen LogP contribution in [0.4, 0.5) is 5.69 Å². The van der Waals surface area contributed by atoms with E-state index in [1.54, 1.807) is 0 Å². The summed E-state index contributed by atoms with van der Waals surface area (Å²) in [4.78, 5) is 4.75. The first kappa shape index (κ1) is 19.2. The van der Waals surface area contributed by atoms with E-state index in [-0.39, 0.29) is 11.8 Å². The fourth-order valence-electron chi connectivity index (χ4n) is 2.90. The van der Waals surface area contributed by atoms with Gasteiger partial charge in [0.15, 0.2) is 0 Å². The Labute approximate surface area is 147 Å². The van der Waals surface area contributed by atoms with Gasteiger partial charge in [-0.25, -0.2) is 13.1 Å². The molecule has 0 radical (unpaired) electrons. The van der Waals surface area contributed by atoms with E-state index in [1.165, 1.54) is 5.69 Å². The van der Waals surface area contributed by atoms with Crippen molar-refractivity contribution in [2.45, 2.75) is 33.2 Å². The number of hydrogen-bond acceptors (Lipinski definition) is 4. The Kier molecular flexibility index (Phi) is 7.07. The molecule has 1 atom stereocenters. The van der Waals surface area contributed by atoms with Crippen molar-refractivity contribution in [1.29, 1.82) is 0 Å².